The molecule has 16 heavy (non-hydrogen) atoms. The lowest BCUT2D eigenvalue weighted by Gasteiger charge is -2.06. The highest BCUT2D eigenvalue weighted by Gasteiger charge is 2.01. The van der Waals surface area contributed by atoms with Gasteiger partial charge in [-0.15, -0.1) is 0 Å². The highest BCUT2D eigenvalue weighted by molar-refractivity contribution is 7.99. The van der Waals surface area contributed by atoms with Crippen molar-refractivity contribution in [2.45, 2.75) is 18.9 Å². The van der Waals surface area contributed by atoms with E-state index in [2.05, 4.69) is 0 Å². The van der Waals surface area contributed by atoms with Crippen LogP contribution in [0.15, 0.2) is 24.3 Å². The maximum Gasteiger partial charge on any atom is 0.0861 e. The molecule has 0 aliphatic rings. The summed E-state index contributed by atoms with van der Waals surface area (Å²) in [6.45, 7) is -0.148. The van der Waals surface area contributed by atoms with Crippen LogP contribution in [0.4, 0.5) is 5.69 Å². The van der Waals surface area contributed by atoms with Gasteiger partial charge in [-0.05, 0) is 36.3 Å². The Morgan fingerprint density at radius 3 is 2.56 bits per heavy atom. The van der Waals surface area contributed by atoms with E-state index in [-0.39, 0.29) is 6.61 Å². The van der Waals surface area contributed by atoms with E-state index < -0.39 is 6.10 Å². The molecule has 0 aliphatic carbocycles. The number of nitrogen functional groups attached to an aromatic ring is 1. The van der Waals surface area contributed by atoms with Crippen LogP contribution in [0.2, 0.25) is 0 Å². The van der Waals surface area contributed by atoms with E-state index in [4.69, 9.17) is 15.9 Å². The fraction of sp³-hybridized carbons (Fsp3) is 0.500. The smallest absolute Gasteiger partial charge is 0.0861 e. The number of hydrogen-bond acceptors (Lipinski definition) is 4. The normalized spacial score (nSPS) is 12.6. The van der Waals surface area contributed by atoms with Gasteiger partial charge in [0.05, 0.1) is 12.7 Å². The largest absolute Gasteiger partial charge is 0.399 e. The number of thioether (sulfide) groups is 1. The molecule has 0 spiro atoms. The molecule has 0 saturated carbocycles. The van der Waals surface area contributed by atoms with Crippen LogP contribution in [-0.4, -0.2) is 34.4 Å². The van der Waals surface area contributed by atoms with E-state index in [1.54, 1.807) is 11.8 Å². The predicted molar refractivity (Wildman–Crippen MR) is 69.6 cm³/mol. The minimum atomic E-state index is -0.582. The van der Waals surface area contributed by atoms with E-state index in [1.165, 1.54) is 5.56 Å². The Balaban J connectivity index is 2.09. The predicted octanol–water partition coefficient (Wildman–Crippen LogP) is 1.29. The number of aliphatic hydroxyl groups is 2. The van der Waals surface area contributed by atoms with Crippen LogP contribution in [-0.2, 0) is 6.42 Å². The first-order valence-electron chi connectivity index (χ1n) is 5.43. The Kier molecular flexibility index (Phi) is 6.30. The molecular formula is C12H19NO2S. The van der Waals surface area contributed by atoms with Gasteiger partial charge in [-0.25, -0.2) is 0 Å². The van der Waals surface area contributed by atoms with Gasteiger partial charge in [-0.2, -0.15) is 11.8 Å². The average Bonchev–Trinajstić information content (AvgIpc) is 2.31. The third kappa shape index (κ3) is 5.39. The summed E-state index contributed by atoms with van der Waals surface area (Å²) in [5, 5.41) is 17.7. The first kappa shape index (κ1) is 13.4. The maximum atomic E-state index is 9.12. The minimum absolute atomic E-state index is 0.148. The van der Waals surface area contributed by atoms with Gasteiger partial charge in [0.15, 0.2) is 0 Å². The lowest BCUT2D eigenvalue weighted by Crippen LogP contribution is -2.14. The fourth-order valence-electron chi connectivity index (χ4n) is 1.33. The molecular weight excluding hydrogens is 222 g/mol. The van der Waals surface area contributed by atoms with Gasteiger partial charge in [0.1, 0.15) is 0 Å². The second-order valence-corrected chi connectivity index (χ2v) is 4.91. The monoisotopic (exact) mass is 241 g/mol. The Hall–Kier alpha value is -0.710. The van der Waals surface area contributed by atoms with Crippen LogP contribution in [0, 0.1) is 0 Å². The summed E-state index contributed by atoms with van der Waals surface area (Å²) in [6, 6.07) is 7.92. The third-order valence-corrected chi connectivity index (χ3v) is 3.45. The number of hydrogen-bond donors (Lipinski definition) is 3. The summed E-state index contributed by atoms with van der Waals surface area (Å²) < 4.78 is 0. The molecule has 1 unspecified atom stereocenters. The van der Waals surface area contributed by atoms with E-state index >= 15 is 0 Å². The Morgan fingerprint density at radius 2 is 1.94 bits per heavy atom. The van der Waals surface area contributed by atoms with Gasteiger partial charge in [0.25, 0.3) is 0 Å². The van der Waals surface area contributed by atoms with Crippen LogP contribution in [0.1, 0.15) is 12.0 Å². The van der Waals surface area contributed by atoms with Gasteiger partial charge < -0.3 is 15.9 Å². The molecule has 0 bridgehead atoms. The number of aryl methyl sites for hydroxylation is 1. The summed E-state index contributed by atoms with van der Waals surface area (Å²) >= 11 is 1.67. The van der Waals surface area contributed by atoms with E-state index in [1.807, 2.05) is 24.3 Å². The SMILES string of the molecule is Nc1ccc(CCCSCC(O)CO)cc1. The molecule has 0 radical (unpaired) electrons. The molecule has 0 saturated heterocycles. The second-order valence-electron chi connectivity index (χ2n) is 3.76. The summed E-state index contributed by atoms with van der Waals surface area (Å²) in [6.07, 6.45) is 1.52. The van der Waals surface area contributed by atoms with Crippen molar-refractivity contribution in [2.24, 2.45) is 0 Å². The molecule has 0 aliphatic heterocycles. The molecule has 1 atom stereocenters. The van der Waals surface area contributed by atoms with Gasteiger partial charge in [0.2, 0.25) is 0 Å². The Bertz CT molecular complexity index is 290. The van der Waals surface area contributed by atoms with Crippen LogP contribution >= 0.6 is 11.8 Å². The van der Waals surface area contributed by atoms with Crippen molar-refractivity contribution in [3.8, 4) is 0 Å². The van der Waals surface area contributed by atoms with Gasteiger partial charge in [-0.3, -0.25) is 0 Å². The minimum Gasteiger partial charge on any atom is -0.399 e. The van der Waals surface area contributed by atoms with Crippen LogP contribution in [0.25, 0.3) is 0 Å². The molecule has 0 aromatic heterocycles. The van der Waals surface area contributed by atoms with Crippen molar-refractivity contribution in [1.29, 1.82) is 0 Å². The van der Waals surface area contributed by atoms with Crippen LogP contribution < -0.4 is 5.73 Å². The van der Waals surface area contributed by atoms with Crippen LogP contribution in [0.5, 0.6) is 0 Å². The number of anilines is 1. The molecule has 0 heterocycles. The van der Waals surface area contributed by atoms with Crippen molar-refractivity contribution in [3.05, 3.63) is 29.8 Å². The zero-order valence-electron chi connectivity index (χ0n) is 9.30. The lowest BCUT2D eigenvalue weighted by atomic mass is 10.1. The molecule has 90 valence electrons. The van der Waals surface area contributed by atoms with E-state index in [9.17, 15) is 0 Å². The highest BCUT2D eigenvalue weighted by Crippen LogP contribution is 2.11. The summed E-state index contributed by atoms with van der Waals surface area (Å²) in [7, 11) is 0. The summed E-state index contributed by atoms with van der Waals surface area (Å²) in [5.41, 5.74) is 7.68. The molecule has 1 aromatic rings. The zero-order chi connectivity index (χ0) is 11.8. The Labute approximate surface area is 101 Å². The fourth-order valence-corrected chi connectivity index (χ4v) is 2.23. The first-order chi connectivity index (χ1) is 7.72. The maximum absolute atomic E-state index is 9.12. The number of nitrogens with two attached hydrogens (primary N) is 1. The van der Waals surface area contributed by atoms with Crippen molar-refractivity contribution in [1.82, 2.24) is 0 Å². The quantitative estimate of drug-likeness (QED) is 0.497. The van der Waals surface area contributed by atoms with Crippen LogP contribution in [0.3, 0.4) is 0 Å². The summed E-state index contributed by atoms with van der Waals surface area (Å²) in [4.78, 5) is 0. The van der Waals surface area contributed by atoms with Crippen molar-refractivity contribution in [2.75, 3.05) is 23.8 Å². The highest BCUT2D eigenvalue weighted by atomic mass is 32.2. The van der Waals surface area contributed by atoms with Crippen molar-refractivity contribution >= 4 is 17.4 Å². The molecule has 4 heteroatoms. The van der Waals surface area contributed by atoms with Gasteiger partial charge in [-0.1, -0.05) is 12.1 Å². The second kappa shape index (κ2) is 7.54. The summed E-state index contributed by atoms with van der Waals surface area (Å²) in [5.74, 6) is 1.61. The van der Waals surface area contributed by atoms with E-state index in [0.29, 0.717) is 5.75 Å². The Morgan fingerprint density at radius 1 is 1.25 bits per heavy atom. The lowest BCUT2D eigenvalue weighted by molar-refractivity contribution is 0.113. The molecule has 0 fully saturated rings. The molecule has 4 N–H and O–H groups in total. The van der Waals surface area contributed by atoms with Gasteiger partial charge in [0, 0.05) is 11.4 Å². The van der Waals surface area contributed by atoms with Gasteiger partial charge >= 0.3 is 0 Å². The molecule has 1 rings (SSSR count). The van der Waals surface area contributed by atoms with Crippen molar-refractivity contribution < 1.29 is 10.2 Å². The first-order valence-corrected chi connectivity index (χ1v) is 6.59. The average molecular weight is 241 g/mol. The molecule has 3 nitrogen and oxygen atoms in total. The van der Waals surface area contributed by atoms with E-state index in [0.717, 1.165) is 24.3 Å². The molecule has 1 aromatic carbocycles. The van der Waals surface area contributed by atoms with Crippen molar-refractivity contribution in [3.63, 3.8) is 0 Å². The standard InChI is InChI=1S/C12H19NO2S/c13-11-5-3-10(4-6-11)2-1-7-16-9-12(15)8-14/h3-6,12,14-15H,1-2,7-9,13H2. The molecule has 0 amide bonds. The zero-order valence-corrected chi connectivity index (χ0v) is 10.1. The number of aliphatic hydroxyl groups excluding tert-OH is 2. The third-order valence-electron chi connectivity index (χ3n) is 2.25. The topological polar surface area (TPSA) is 66.5 Å². The number of benzene rings is 1. The number of rotatable bonds is 7.